The lowest BCUT2D eigenvalue weighted by atomic mass is 10.0. The van der Waals surface area contributed by atoms with E-state index in [-0.39, 0.29) is 5.75 Å². The minimum Gasteiger partial charge on any atom is -0.508 e. The van der Waals surface area contributed by atoms with Crippen molar-refractivity contribution in [2.45, 2.75) is 12.5 Å². The van der Waals surface area contributed by atoms with Crippen LogP contribution < -0.4 is 0 Å². The van der Waals surface area contributed by atoms with Gasteiger partial charge in [-0.05, 0) is 45.8 Å². The highest BCUT2D eigenvalue weighted by Crippen LogP contribution is 2.28. The Kier molecular flexibility index (Phi) is 3.90. The molecule has 21 heavy (non-hydrogen) atoms. The third-order valence-electron chi connectivity index (χ3n) is 3.36. The fourth-order valence-electron chi connectivity index (χ4n) is 2.34. The summed E-state index contributed by atoms with van der Waals surface area (Å²) in [5.41, 5.74) is 2.33. The first kappa shape index (κ1) is 14.0. The van der Waals surface area contributed by atoms with E-state index >= 15 is 0 Å². The lowest BCUT2D eigenvalue weighted by Gasteiger charge is -2.13. The van der Waals surface area contributed by atoms with Gasteiger partial charge in [0.15, 0.2) is 0 Å². The van der Waals surface area contributed by atoms with Crippen LogP contribution >= 0.6 is 15.9 Å². The maximum absolute atomic E-state index is 10.4. The summed E-state index contributed by atoms with van der Waals surface area (Å²) in [5, 5.41) is 20.9. The van der Waals surface area contributed by atoms with Crippen LogP contribution in [0.25, 0.3) is 10.9 Å². The fourth-order valence-corrected chi connectivity index (χ4v) is 2.94. The molecule has 1 aromatic heterocycles. The molecule has 0 aliphatic heterocycles. The summed E-state index contributed by atoms with van der Waals surface area (Å²) in [5.74, 6) is 0.199. The van der Waals surface area contributed by atoms with Crippen LogP contribution in [0.15, 0.2) is 59.1 Å². The Morgan fingerprint density at radius 3 is 2.67 bits per heavy atom. The zero-order chi connectivity index (χ0) is 14.8. The summed E-state index contributed by atoms with van der Waals surface area (Å²) in [6.07, 6.45) is -0.330. The number of hydrogen-bond acceptors (Lipinski definition) is 3. The van der Waals surface area contributed by atoms with Gasteiger partial charge in [0.05, 0.1) is 11.2 Å². The van der Waals surface area contributed by atoms with Crippen LogP contribution in [0.5, 0.6) is 5.75 Å². The number of aromatic nitrogens is 1. The smallest absolute Gasteiger partial charge is 0.115 e. The van der Waals surface area contributed by atoms with Crippen LogP contribution in [-0.2, 0) is 6.42 Å². The average Bonchev–Trinajstić information content (AvgIpc) is 2.46. The fraction of sp³-hybridized carbons (Fsp3) is 0.118. The van der Waals surface area contributed by atoms with E-state index in [1.54, 1.807) is 18.2 Å². The molecule has 1 unspecified atom stereocenters. The zero-order valence-electron chi connectivity index (χ0n) is 11.2. The monoisotopic (exact) mass is 343 g/mol. The molecule has 3 aromatic rings. The Morgan fingerprint density at radius 2 is 1.86 bits per heavy atom. The van der Waals surface area contributed by atoms with Crippen molar-refractivity contribution in [3.63, 3.8) is 0 Å². The maximum Gasteiger partial charge on any atom is 0.115 e. The van der Waals surface area contributed by atoms with Gasteiger partial charge in [-0.15, -0.1) is 0 Å². The molecular formula is C17H14BrNO2. The van der Waals surface area contributed by atoms with Crippen molar-refractivity contribution in [3.05, 3.63) is 70.3 Å². The zero-order valence-corrected chi connectivity index (χ0v) is 12.8. The molecule has 106 valence electrons. The number of aliphatic hydroxyl groups is 1. The van der Waals surface area contributed by atoms with E-state index in [2.05, 4.69) is 20.9 Å². The second-order valence-electron chi connectivity index (χ2n) is 4.94. The number of hydrogen-bond donors (Lipinski definition) is 2. The van der Waals surface area contributed by atoms with Crippen LogP contribution in [0.4, 0.5) is 0 Å². The third kappa shape index (κ3) is 3.06. The van der Waals surface area contributed by atoms with Gasteiger partial charge in [-0.2, -0.15) is 0 Å². The standard InChI is InChI=1S/C17H14BrNO2/c18-14-10-12-5-1-2-7-15(12)19-17(14)16(21)9-11-4-3-6-13(20)8-11/h1-8,10,16,20-21H,9H2. The molecule has 2 N–H and O–H groups in total. The Balaban J connectivity index is 1.93. The van der Waals surface area contributed by atoms with E-state index in [0.29, 0.717) is 12.1 Å². The first-order valence-electron chi connectivity index (χ1n) is 6.64. The number of phenolic OH excluding ortho intramolecular Hbond substituents is 1. The first-order valence-corrected chi connectivity index (χ1v) is 7.44. The van der Waals surface area contributed by atoms with Gasteiger partial charge < -0.3 is 10.2 Å². The summed E-state index contributed by atoms with van der Waals surface area (Å²) >= 11 is 3.47. The SMILES string of the molecule is Oc1cccc(CC(O)c2nc3ccccc3cc2Br)c1. The van der Waals surface area contributed by atoms with Crippen molar-refractivity contribution in [2.75, 3.05) is 0 Å². The summed E-state index contributed by atoms with van der Waals surface area (Å²) in [6.45, 7) is 0. The number of rotatable bonds is 3. The molecule has 0 amide bonds. The molecule has 4 heteroatoms. The number of benzene rings is 2. The van der Waals surface area contributed by atoms with Gasteiger partial charge in [0.2, 0.25) is 0 Å². The molecule has 0 aliphatic carbocycles. The third-order valence-corrected chi connectivity index (χ3v) is 3.99. The molecule has 1 heterocycles. The van der Waals surface area contributed by atoms with Gasteiger partial charge >= 0.3 is 0 Å². The van der Waals surface area contributed by atoms with Crippen LogP contribution in [0.3, 0.4) is 0 Å². The van der Waals surface area contributed by atoms with Gasteiger partial charge in [-0.25, -0.2) is 4.98 Å². The number of pyridine rings is 1. The largest absolute Gasteiger partial charge is 0.508 e. The van der Waals surface area contributed by atoms with E-state index < -0.39 is 6.10 Å². The molecule has 0 bridgehead atoms. The van der Waals surface area contributed by atoms with E-state index in [0.717, 1.165) is 20.9 Å². The summed E-state index contributed by atoms with van der Waals surface area (Å²) in [7, 11) is 0. The normalized spacial score (nSPS) is 12.5. The highest BCUT2D eigenvalue weighted by atomic mass is 79.9. The van der Waals surface area contributed by atoms with Crippen molar-refractivity contribution in [1.29, 1.82) is 0 Å². The number of aliphatic hydroxyl groups excluding tert-OH is 1. The lowest BCUT2D eigenvalue weighted by molar-refractivity contribution is 0.173. The van der Waals surface area contributed by atoms with Gasteiger partial charge in [0.1, 0.15) is 11.9 Å². The quantitative estimate of drug-likeness (QED) is 0.756. The minimum atomic E-state index is -0.731. The first-order chi connectivity index (χ1) is 10.1. The number of nitrogens with zero attached hydrogens (tertiary/aromatic N) is 1. The second kappa shape index (κ2) is 5.84. The molecule has 0 radical (unpaired) electrons. The van der Waals surface area contributed by atoms with Crippen molar-refractivity contribution < 1.29 is 10.2 Å². The van der Waals surface area contributed by atoms with Crippen molar-refractivity contribution >= 4 is 26.8 Å². The van der Waals surface area contributed by atoms with E-state index in [1.165, 1.54) is 0 Å². The highest BCUT2D eigenvalue weighted by molar-refractivity contribution is 9.10. The summed E-state index contributed by atoms with van der Waals surface area (Å²) in [6, 6.07) is 16.7. The predicted octanol–water partition coefficient (Wildman–Crippen LogP) is 3.98. The molecule has 1 atom stereocenters. The number of fused-ring (bicyclic) bond motifs is 1. The summed E-state index contributed by atoms with van der Waals surface area (Å²) < 4.78 is 0.786. The molecule has 3 rings (SSSR count). The predicted molar refractivity (Wildman–Crippen MR) is 86.2 cm³/mol. The van der Waals surface area contributed by atoms with Gasteiger partial charge in [-0.1, -0.05) is 30.3 Å². The lowest BCUT2D eigenvalue weighted by Crippen LogP contribution is -2.05. The number of aromatic hydroxyl groups is 1. The summed E-state index contributed by atoms with van der Waals surface area (Å²) in [4.78, 5) is 4.53. The molecule has 0 saturated carbocycles. The molecule has 2 aromatic carbocycles. The van der Waals surface area contributed by atoms with E-state index in [9.17, 15) is 10.2 Å². The second-order valence-corrected chi connectivity index (χ2v) is 5.79. The Hall–Kier alpha value is -1.91. The van der Waals surface area contributed by atoms with Gasteiger partial charge in [0, 0.05) is 16.3 Å². The van der Waals surface area contributed by atoms with Crippen LogP contribution in [0, 0.1) is 0 Å². The van der Waals surface area contributed by atoms with Crippen molar-refractivity contribution in [2.24, 2.45) is 0 Å². The molecular weight excluding hydrogens is 330 g/mol. The van der Waals surface area contributed by atoms with Crippen LogP contribution in [0.2, 0.25) is 0 Å². The Morgan fingerprint density at radius 1 is 1.05 bits per heavy atom. The minimum absolute atomic E-state index is 0.199. The van der Waals surface area contributed by atoms with Crippen LogP contribution in [0.1, 0.15) is 17.4 Å². The highest BCUT2D eigenvalue weighted by Gasteiger charge is 2.15. The molecule has 0 spiro atoms. The van der Waals surface area contributed by atoms with Gasteiger partial charge in [0.25, 0.3) is 0 Å². The van der Waals surface area contributed by atoms with E-state index in [1.807, 2.05) is 36.4 Å². The number of phenols is 1. The van der Waals surface area contributed by atoms with Gasteiger partial charge in [-0.3, -0.25) is 0 Å². The molecule has 0 aliphatic rings. The number of halogens is 1. The van der Waals surface area contributed by atoms with Crippen molar-refractivity contribution in [3.8, 4) is 5.75 Å². The number of para-hydroxylation sites is 1. The van der Waals surface area contributed by atoms with Crippen LogP contribution in [-0.4, -0.2) is 15.2 Å². The topological polar surface area (TPSA) is 53.4 Å². The van der Waals surface area contributed by atoms with E-state index in [4.69, 9.17) is 0 Å². The molecule has 0 fully saturated rings. The Labute approximate surface area is 131 Å². The molecule has 0 saturated heterocycles. The average molecular weight is 344 g/mol. The maximum atomic E-state index is 10.4. The van der Waals surface area contributed by atoms with Crippen molar-refractivity contribution in [1.82, 2.24) is 4.98 Å². The molecule has 3 nitrogen and oxygen atoms in total. The Bertz CT molecular complexity index is 789.